The number of cyclic esters (lactones) is 1. The number of benzene rings is 1. The van der Waals surface area contributed by atoms with Gasteiger partial charge in [0.25, 0.3) is 0 Å². The number of aliphatic hydroxyl groups is 1. The van der Waals surface area contributed by atoms with Gasteiger partial charge in [-0.2, -0.15) is 0 Å². The largest absolute Gasteiger partial charge is 0.465 e. The molecule has 11 heteroatoms. The van der Waals surface area contributed by atoms with Gasteiger partial charge in [-0.05, 0) is 31.4 Å². The molecule has 0 saturated carbocycles. The summed E-state index contributed by atoms with van der Waals surface area (Å²) in [5.41, 5.74) is 1.54. The quantitative estimate of drug-likeness (QED) is 0.472. The first kappa shape index (κ1) is 24.2. The second kappa shape index (κ2) is 9.60. The maximum Gasteiger partial charge on any atom is 0.311 e. The summed E-state index contributed by atoms with van der Waals surface area (Å²) in [6, 6.07) is 6.68. The molecule has 1 aromatic heterocycles. The molecule has 2 saturated heterocycles. The van der Waals surface area contributed by atoms with E-state index in [0.717, 1.165) is 30.3 Å². The first-order chi connectivity index (χ1) is 18.0. The molecule has 194 valence electrons. The van der Waals surface area contributed by atoms with Crippen molar-refractivity contribution < 1.29 is 24.2 Å². The van der Waals surface area contributed by atoms with Crippen LogP contribution in [0.15, 0.2) is 48.6 Å². The van der Waals surface area contributed by atoms with Crippen LogP contribution in [-0.2, 0) is 25.8 Å². The molecule has 1 unspecified atom stereocenters. The Labute approximate surface area is 218 Å². The minimum Gasteiger partial charge on any atom is -0.465 e. The van der Waals surface area contributed by atoms with E-state index < -0.39 is 22.6 Å². The standard InChI is InChI=1S/C26H29N5O5S/c32-14-13-30-22-24(34)29(16-31-18-9-5-4-8-17(18)27-28-31)12-7-11-26(22)21(23(30)33)20-19(37-26)10-3-1-2-6-15-36-25(20)35/h3-5,7-11,19-22,32H,1-2,6,12-16H2/b10-3-/t19-,20+,21-,22?,26-/m0/s1. The normalized spacial score (nSPS) is 32.6. The monoisotopic (exact) mass is 523 g/mol. The van der Waals surface area contributed by atoms with Crippen molar-refractivity contribution in [1.29, 1.82) is 0 Å². The number of hydrogen-bond donors (Lipinski definition) is 1. The first-order valence-corrected chi connectivity index (χ1v) is 13.6. The lowest BCUT2D eigenvalue weighted by Gasteiger charge is -2.34. The van der Waals surface area contributed by atoms with Crippen LogP contribution in [0.2, 0.25) is 0 Å². The fourth-order valence-electron chi connectivity index (χ4n) is 6.12. The molecule has 4 aliphatic rings. The van der Waals surface area contributed by atoms with Crippen LogP contribution in [0.5, 0.6) is 0 Å². The Morgan fingerprint density at radius 3 is 2.86 bits per heavy atom. The number of carbonyl (C=O) groups excluding carboxylic acids is 3. The highest BCUT2D eigenvalue weighted by Crippen LogP contribution is 2.60. The van der Waals surface area contributed by atoms with Gasteiger partial charge < -0.3 is 19.6 Å². The van der Waals surface area contributed by atoms with Gasteiger partial charge in [-0.1, -0.05) is 41.7 Å². The number of fused-ring (bicyclic) bond motifs is 3. The summed E-state index contributed by atoms with van der Waals surface area (Å²) < 4.78 is 6.34. The minimum absolute atomic E-state index is 0.0181. The van der Waals surface area contributed by atoms with Crippen molar-refractivity contribution in [2.75, 3.05) is 26.3 Å². The zero-order valence-electron chi connectivity index (χ0n) is 20.3. The number of allylic oxidation sites excluding steroid dienone is 1. The van der Waals surface area contributed by atoms with Crippen LogP contribution in [0.1, 0.15) is 19.3 Å². The number of aliphatic hydroxyl groups excluding tert-OH is 1. The van der Waals surface area contributed by atoms with Crippen LogP contribution < -0.4 is 0 Å². The third-order valence-electron chi connectivity index (χ3n) is 7.75. The molecule has 37 heavy (non-hydrogen) atoms. The number of rotatable bonds is 4. The number of amides is 2. The lowest BCUT2D eigenvalue weighted by molar-refractivity contribution is -0.153. The Hall–Kier alpha value is -3.18. The van der Waals surface area contributed by atoms with E-state index >= 15 is 0 Å². The number of esters is 1. The molecule has 2 fully saturated rings. The lowest BCUT2D eigenvalue weighted by Crippen LogP contribution is -2.53. The first-order valence-electron chi connectivity index (χ1n) is 12.7. The van der Waals surface area contributed by atoms with Crippen molar-refractivity contribution >= 4 is 40.6 Å². The van der Waals surface area contributed by atoms with Crippen LogP contribution in [0, 0.1) is 11.8 Å². The Kier molecular flexibility index (Phi) is 6.28. The van der Waals surface area contributed by atoms with E-state index in [1.165, 1.54) is 16.7 Å². The zero-order valence-corrected chi connectivity index (χ0v) is 21.1. The molecule has 2 amide bonds. The summed E-state index contributed by atoms with van der Waals surface area (Å²) in [7, 11) is 0. The number of para-hydroxylation sites is 1. The minimum atomic E-state index is -0.935. The molecule has 10 nitrogen and oxygen atoms in total. The fraction of sp³-hybridized carbons (Fsp3) is 0.500. The van der Waals surface area contributed by atoms with Gasteiger partial charge in [0.2, 0.25) is 11.8 Å². The molecule has 1 spiro atoms. The SMILES string of the molecule is O=C1OCCCC/C=C\[C@@H]2S[C@]34C=CCN(Cn5nnc6ccccc65)C(=O)C3N(CCO)C(=O)[C@@H]4[C@H]12. The maximum absolute atomic E-state index is 14.2. The number of nitrogens with zero attached hydrogens (tertiary/aromatic N) is 5. The van der Waals surface area contributed by atoms with Crippen LogP contribution >= 0.6 is 11.8 Å². The molecular weight excluding hydrogens is 494 g/mol. The number of aromatic nitrogens is 3. The lowest BCUT2D eigenvalue weighted by atomic mass is 9.78. The molecule has 5 heterocycles. The molecule has 4 aliphatic heterocycles. The summed E-state index contributed by atoms with van der Waals surface area (Å²) in [5.74, 6) is -2.35. The van der Waals surface area contributed by atoms with Crippen LogP contribution in [0.25, 0.3) is 11.0 Å². The second-order valence-electron chi connectivity index (χ2n) is 9.87. The highest BCUT2D eigenvalue weighted by Gasteiger charge is 2.70. The number of hydrogen-bond acceptors (Lipinski definition) is 8. The molecule has 2 aromatic rings. The number of thioether (sulfide) groups is 1. The van der Waals surface area contributed by atoms with E-state index in [4.69, 9.17) is 4.74 Å². The average molecular weight is 524 g/mol. The molecule has 0 radical (unpaired) electrons. The number of ether oxygens (including phenoxy) is 1. The molecule has 1 aromatic carbocycles. The van der Waals surface area contributed by atoms with Crippen LogP contribution in [0.3, 0.4) is 0 Å². The van der Waals surface area contributed by atoms with E-state index in [0.29, 0.717) is 13.2 Å². The van der Waals surface area contributed by atoms with E-state index in [1.54, 1.807) is 9.58 Å². The van der Waals surface area contributed by atoms with Crippen molar-refractivity contribution in [3.05, 3.63) is 48.6 Å². The highest BCUT2D eigenvalue weighted by atomic mass is 32.2. The Balaban J connectivity index is 1.39. The Morgan fingerprint density at radius 2 is 2.00 bits per heavy atom. The Morgan fingerprint density at radius 1 is 1.14 bits per heavy atom. The summed E-state index contributed by atoms with van der Waals surface area (Å²) in [5, 5.41) is 18.0. The number of likely N-dealkylation sites (tertiary alicyclic amines) is 1. The number of carbonyl (C=O) groups is 3. The fourth-order valence-corrected chi connectivity index (χ4v) is 8.12. The maximum atomic E-state index is 14.2. The molecule has 0 bridgehead atoms. The molecule has 6 rings (SSSR count). The van der Waals surface area contributed by atoms with E-state index in [2.05, 4.69) is 16.4 Å². The van der Waals surface area contributed by atoms with Gasteiger partial charge in [0.05, 0.1) is 35.3 Å². The van der Waals surface area contributed by atoms with Gasteiger partial charge >= 0.3 is 5.97 Å². The third kappa shape index (κ3) is 3.86. The summed E-state index contributed by atoms with van der Waals surface area (Å²) in [6.07, 6.45) is 10.5. The third-order valence-corrected chi connectivity index (χ3v) is 9.49. The van der Waals surface area contributed by atoms with Crippen molar-refractivity contribution in [2.45, 2.75) is 42.0 Å². The topological polar surface area (TPSA) is 118 Å². The van der Waals surface area contributed by atoms with Gasteiger partial charge in [0, 0.05) is 18.3 Å². The summed E-state index contributed by atoms with van der Waals surface area (Å²) in [6.45, 7) is 0.562. The second-order valence-corrected chi connectivity index (χ2v) is 11.4. The summed E-state index contributed by atoms with van der Waals surface area (Å²) in [4.78, 5) is 44.5. The predicted molar refractivity (Wildman–Crippen MR) is 136 cm³/mol. The molecule has 0 aliphatic carbocycles. The number of β-amino-alcohol motifs (C(OH)–C–C–N with tert-alkyl or cyclic N) is 1. The van der Waals surface area contributed by atoms with Gasteiger partial charge in [0.15, 0.2) is 0 Å². The Bertz CT molecular complexity index is 1290. The molecule has 5 atom stereocenters. The highest BCUT2D eigenvalue weighted by molar-refractivity contribution is 8.02. The summed E-state index contributed by atoms with van der Waals surface area (Å²) >= 11 is 1.50. The smallest absolute Gasteiger partial charge is 0.311 e. The van der Waals surface area contributed by atoms with Crippen LogP contribution in [0.4, 0.5) is 0 Å². The van der Waals surface area contributed by atoms with Crippen molar-refractivity contribution in [3.8, 4) is 0 Å². The van der Waals surface area contributed by atoms with Gasteiger partial charge in [-0.3, -0.25) is 14.4 Å². The predicted octanol–water partition coefficient (Wildman–Crippen LogP) is 1.36. The van der Waals surface area contributed by atoms with Crippen LogP contribution in [-0.4, -0.2) is 90.0 Å². The van der Waals surface area contributed by atoms with Gasteiger partial charge in [-0.25, -0.2) is 4.68 Å². The average Bonchev–Trinajstić information content (AvgIpc) is 3.48. The van der Waals surface area contributed by atoms with Gasteiger partial charge in [-0.15, -0.1) is 16.9 Å². The zero-order chi connectivity index (χ0) is 25.6. The molecular formula is C26H29N5O5S. The molecule has 1 N–H and O–H groups in total. The van der Waals surface area contributed by atoms with Crippen molar-refractivity contribution in [3.63, 3.8) is 0 Å². The van der Waals surface area contributed by atoms with Crippen molar-refractivity contribution in [1.82, 2.24) is 24.8 Å². The van der Waals surface area contributed by atoms with E-state index in [-0.39, 0.29) is 42.9 Å². The van der Waals surface area contributed by atoms with E-state index in [9.17, 15) is 19.5 Å². The van der Waals surface area contributed by atoms with Gasteiger partial charge in [0.1, 0.15) is 18.2 Å². The van der Waals surface area contributed by atoms with E-state index in [1.807, 2.05) is 42.5 Å². The van der Waals surface area contributed by atoms with Crippen molar-refractivity contribution in [2.24, 2.45) is 11.8 Å².